The summed E-state index contributed by atoms with van der Waals surface area (Å²) in [7, 11) is 0. The number of hydrogen-bond donors (Lipinski definition) is 0. The molecule has 3 rings (SSSR count). The first-order valence-electron chi connectivity index (χ1n) is 7.41. The minimum atomic E-state index is -0.623. The van der Waals surface area contributed by atoms with Crippen LogP contribution >= 0.6 is 23.4 Å². The number of carbonyl (C=O) groups excluding carboxylic acids is 2. The van der Waals surface area contributed by atoms with Crippen LogP contribution in [0.1, 0.15) is 23.6 Å². The molecule has 126 valence electrons. The van der Waals surface area contributed by atoms with Crippen LogP contribution in [-0.2, 0) is 20.9 Å². The molecule has 0 N–H and O–H groups in total. The van der Waals surface area contributed by atoms with Gasteiger partial charge in [0.15, 0.2) is 0 Å². The van der Waals surface area contributed by atoms with Crippen molar-refractivity contribution in [2.75, 3.05) is 5.75 Å². The van der Waals surface area contributed by atoms with Crippen LogP contribution in [-0.4, -0.2) is 28.6 Å². The molecule has 0 aliphatic carbocycles. The lowest BCUT2D eigenvalue weighted by Gasteiger charge is -2.25. The maximum absolute atomic E-state index is 12.4. The molecule has 5 nitrogen and oxygen atoms in total. The molecule has 7 heteroatoms. The standard InChI is InChI=1S/C17H16ClNO4S/c1-11(20)19-14(10-24-16(19)15-6-3-7-22-15)17(21)23-9-12-4-2-5-13(18)8-12/h2-8,14,16H,9-10H2,1H3/t14-,16+/m0/s1. The van der Waals surface area contributed by atoms with Gasteiger partial charge in [0.1, 0.15) is 23.8 Å². The van der Waals surface area contributed by atoms with E-state index in [0.29, 0.717) is 16.5 Å². The van der Waals surface area contributed by atoms with Gasteiger partial charge >= 0.3 is 5.97 Å². The van der Waals surface area contributed by atoms with Gasteiger partial charge in [-0.1, -0.05) is 23.7 Å². The van der Waals surface area contributed by atoms with E-state index >= 15 is 0 Å². The quantitative estimate of drug-likeness (QED) is 0.774. The molecule has 1 aliphatic heterocycles. The number of amides is 1. The Morgan fingerprint density at radius 3 is 2.88 bits per heavy atom. The molecule has 0 radical (unpaired) electrons. The number of hydrogen-bond acceptors (Lipinski definition) is 5. The summed E-state index contributed by atoms with van der Waals surface area (Å²) in [5.41, 5.74) is 0.804. The predicted molar refractivity (Wildman–Crippen MR) is 91.5 cm³/mol. The Labute approximate surface area is 148 Å². The zero-order valence-electron chi connectivity index (χ0n) is 13.0. The number of esters is 1. The molecule has 1 aromatic carbocycles. The van der Waals surface area contributed by atoms with Crippen molar-refractivity contribution in [1.29, 1.82) is 0 Å². The summed E-state index contributed by atoms with van der Waals surface area (Å²) in [4.78, 5) is 26.0. The highest BCUT2D eigenvalue weighted by Gasteiger charge is 2.43. The van der Waals surface area contributed by atoms with Gasteiger partial charge in [0.05, 0.1) is 6.26 Å². The summed E-state index contributed by atoms with van der Waals surface area (Å²) < 4.78 is 10.8. The number of ether oxygens (including phenoxy) is 1. The number of benzene rings is 1. The van der Waals surface area contributed by atoms with Gasteiger partial charge in [-0.25, -0.2) is 4.79 Å². The highest BCUT2D eigenvalue weighted by atomic mass is 35.5. The van der Waals surface area contributed by atoms with Crippen molar-refractivity contribution in [2.45, 2.75) is 24.9 Å². The van der Waals surface area contributed by atoms with Crippen LogP contribution in [0.25, 0.3) is 0 Å². The van der Waals surface area contributed by atoms with E-state index in [0.717, 1.165) is 5.56 Å². The summed E-state index contributed by atoms with van der Waals surface area (Å²) in [6.07, 6.45) is 1.55. The van der Waals surface area contributed by atoms with Gasteiger partial charge in [-0.2, -0.15) is 0 Å². The number of rotatable bonds is 4. The minimum absolute atomic E-state index is 0.123. The van der Waals surface area contributed by atoms with E-state index in [1.165, 1.54) is 23.6 Å². The van der Waals surface area contributed by atoms with Crippen molar-refractivity contribution >= 4 is 35.2 Å². The number of carbonyl (C=O) groups is 2. The van der Waals surface area contributed by atoms with Crippen LogP contribution in [0.5, 0.6) is 0 Å². The van der Waals surface area contributed by atoms with Gasteiger partial charge in [0, 0.05) is 17.7 Å². The Morgan fingerprint density at radius 1 is 1.38 bits per heavy atom. The lowest BCUT2D eigenvalue weighted by molar-refractivity contribution is -0.154. The Morgan fingerprint density at radius 2 is 2.21 bits per heavy atom. The van der Waals surface area contributed by atoms with Crippen molar-refractivity contribution in [3.63, 3.8) is 0 Å². The van der Waals surface area contributed by atoms with Crippen LogP contribution in [0.4, 0.5) is 0 Å². The molecule has 2 aromatic rings. The van der Waals surface area contributed by atoms with Gasteiger partial charge in [0.2, 0.25) is 5.91 Å². The molecule has 0 bridgehead atoms. The smallest absolute Gasteiger partial charge is 0.330 e. The molecule has 2 atom stereocenters. The van der Waals surface area contributed by atoms with Crippen LogP contribution in [0.2, 0.25) is 5.02 Å². The molecule has 0 saturated carbocycles. The largest absolute Gasteiger partial charge is 0.466 e. The zero-order valence-corrected chi connectivity index (χ0v) is 14.5. The van der Waals surface area contributed by atoms with E-state index in [-0.39, 0.29) is 17.9 Å². The van der Waals surface area contributed by atoms with Crippen molar-refractivity contribution in [3.05, 3.63) is 59.0 Å². The molecule has 24 heavy (non-hydrogen) atoms. The number of furan rings is 1. The SMILES string of the molecule is CC(=O)N1[C@@H](c2ccco2)SC[C@H]1C(=O)OCc1cccc(Cl)c1. The van der Waals surface area contributed by atoms with Crippen molar-refractivity contribution in [3.8, 4) is 0 Å². The topological polar surface area (TPSA) is 59.8 Å². The Hall–Kier alpha value is -1.92. The van der Waals surface area contributed by atoms with Crippen LogP contribution in [0, 0.1) is 0 Å². The van der Waals surface area contributed by atoms with Gasteiger partial charge in [-0.3, -0.25) is 4.79 Å². The van der Waals surface area contributed by atoms with Gasteiger partial charge < -0.3 is 14.1 Å². The Kier molecular flexibility index (Phi) is 5.16. The summed E-state index contributed by atoms with van der Waals surface area (Å²) >= 11 is 7.41. The number of nitrogens with zero attached hydrogens (tertiary/aromatic N) is 1. The summed E-state index contributed by atoms with van der Waals surface area (Å²) in [6, 6.07) is 10.1. The Bertz CT molecular complexity index is 734. The summed E-state index contributed by atoms with van der Waals surface area (Å²) in [5.74, 6) is 0.512. The number of thioether (sulfide) groups is 1. The fraction of sp³-hybridized carbons (Fsp3) is 0.294. The molecule has 1 fully saturated rings. The third kappa shape index (κ3) is 3.60. The molecule has 1 aromatic heterocycles. The molecular weight excluding hydrogens is 350 g/mol. The van der Waals surface area contributed by atoms with Crippen molar-refractivity contribution in [1.82, 2.24) is 4.90 Å². The van der Waals surface area contributed by atoms with Crippen molar-refractivity contribution < 1.29 is 18.7 Å². The fourth-order valence-corrected chi connectivity index (χ4v) is 4.23. The minimum Gasteiger partial charge on any atom is -0.466 e. The van der Waals surface area contributed by atoms with Crippen LogP contribution in [0.15, 0.2) is 47.1 Å². The van der Waals surface area contributed by atoms with Crippen molar-refractivity contribution in [2.24, 2.45) is 0 Å². The monoisotopic (exact) mass is 365 g/mol. The summed E-state index contributed by atoms with van der Waals surface area (Å²) in [5, 5.41) is 0.282. The molecule has 0 spiro atoms. The average molecular weight is 366 g/mol. The molecule has 1 aliphatic rings. The van der Waals surface area contributed by atoms with Gasteiger partial charge in [-0.05, 0) is 29.8 Å². The molecule has 1 amide bonds. The van der Waals surface area contributed by atoms with Gasteiger partial charge in [0.25, 0.3) is 0 Å². The second-order valence-corrected chi connectivity index (χ2v) is 6.93. The highest BCUT2D eigenvalue weighted by molar-refractivity contribution is 7.99. The second-order valence-electron chi connectivity index (χ2n) is 5.38. The fourth-order valence-electron chi connectivity index (χ4n) is 2.60. The maximum atomic E-state index is 12.4. The molecule has 2 heterocycles. The highest BCUT2D eigenvalue weighted by Crippen LogP contribution is 2.41. The predicted octanol–water partition coefficient (Wildman–Crippen LogP) is 3.64. The van der Waals surface area contributed by atoms with Crippen LogP contribution in [0.3, 0.4) is 0 Å². The molecular formula is C17H16ClNO4S. The van der Waals surface area contributed by atoms with E-state index in [1.807, 2.05) is 6.07 Å². The summed E-state index contributed by atoms with van der Waals surface area (Å²) in [6.45, 7) is 1.57. The van der Waals surface area contributed by atoms with E-state index in [2.05, 4.69) is 0 Å². The Balaban J connectivity index is 1.68. The van der Waals surface area contributed by atoms with Crippen LogP contribution < -0.4 is 0 Å². The average Bonchev–Trinajstić information content (AvgIpc) is 3.21. The zero-order chi connectivity index (χ0) is 17.1. The molecule has 0 unspecified atom stereocenters. The second kappa shape index (κ2) is 7.32. The lowest BCUT2D eigenvalue weighted by atomic mass is 10.2. The first kappa shape index (κ1) is 16.9. The van der Waals surface area contributed by atoms with E-state index in [4.69, 9.17) is 20.8 Å². The first-order valence-corrected chi connectivity index (χ1v) is 8.84. The van der Waals surface area contributed by atoms with E-state index in [1.54, 1.807) is 36.6 Å². The first-order chi connectivity index (χ1) is 11.6. The lowest BCUT2D eigenvalue weighted by Crippen LogP contribution is -2.42. The molecule has 1 saturated heterocycles. The van der Waals surface area contributed by atoms with E-state index in [9.17, 15) is 9.59 Å². The van der Waals surface area contributed by atoms with Gasteiger partial charge in [-0.15, -0.1) is 11.8 Å². The third-order valence-corrected chi connectivity index (χ3v) is 5.21. The maximum Gasteiger partial charge on any atom is 0.330 e. The van der Waals surface area contributed by atoms with E-state index < -0.39 is 12.0 Å². The third-order valence-electron chi connectivity index (χ3n) is 3.69. The normalized spacial score (nSPS) is 20.2. The number of halogens is 1.